The lowest BCUT2D eigenvalue weighted by molar-refractivity contribution is -0.137. The summed E-state index contributed by atoms with van der Waals surface area (Å²) in [6, 6.07) is 11.4. The van der Waals surface area contributed by atoms with Gasteiger partial charge in [-0.2, -0.15) is 13.2 Å². The number of alkyl halides is 3. The normalized spacial score (nSPS) is 11.5. The van der Waals surface area contributed by atoms with Crippen LogP contribution in [0.25, 0.3) is 0 Å². The molecule has 0 unspecified atom stereocenters. The number of aliphatic imine (C=N–C) groups is 1. The maximum Gasteiger partial charge on any atom is 0.419 e. The molecule has 0 aliphatic heterocycles. The summed E-state index contributed by atoms with van der Waals surface area (Å²) in [5.74, 6) is -0.0279. The second-order valence-corrected chi connectivity index (χ2v) is 4.58. The Hall–Kier alpha value is -2.04. The Morgan fingerprint density at radius 2 is 1.83 bits per heavy atom. The second-order valence-electron chi connectivity index (χ2n) is 4.58. The van der Waals surface area contributed by atoms with E-state index < -0.39 is 11.7 Å². The number of rotatable bonds is 5. The van der Waals surface area contributed by atoms with Crippen molar-refractivity contribution in [1.29, 1.82) is 0 Å². The molecule has 2 aromatic rings. The van der Waals surface area contributed by atoms with E-state index in [1.807, 2.05) is 30.3 Å². The lowest BCUT2D eigenvalue weighted by atomic mass is 10.2. The van der Waals surface area contributed by atoms with Crippen LogP contribution in [0, 0.1) is 0 Å². The van der Waals surface area contributed by atoms with Crippen molar-refractivity contribution >= 4 is 41.4 Å². The van der Waals surface area contributed by atoms with Crippen LogP contribution in [-0.4, -0.2) is 24.0 Å². The lowest BCUT2D eigenvalue weighted by Crippen LogP contribution is -2.24. The molecule has 0 amide bonds. The Labute approximate surface area is 154 Å². The summed E-state index contributed by atoms with van der Waals surface area (Å²) in [5, 5.41) is 5.50. The first-order chi connectivity index (χ1) is 11.0. The van der Waals surface area contributed by atoms with Crippen LogP contribution in [0.15, 0.2) is 53.7 Å². The van der Waals surface area contributed by atoms with Gasteiger partial charge in [-0.3, -0.25) is 4.99 Å². The zero-order valence-electron chi connectivity index (χ0n) is 12.5. The van der Waals surface area contributed by atoms with Gasteiger partial charge in [0.15, 0.2) is 5.96 Å². The lowest BCUT2D eigenvalue weighted by Gasteiger charge is -2.12. The van der Waals surface area contributed by atoms with Gasteiger partial charge < -0.3 is 16.4 Å². The van der Waals surface area contributed by atoms with Crippen LogP contribution in [0.1, 0.15) is 5.56 Å². The summed E-state index contributed by atoms with van der Waals surface area (Å²) in [4.78, 5) is 7.74. The Kier molecular flexibility index (Phi) is 7.75. The van der Waals surface area contributed by atoms with Gasteiger partial charge in [0, 0.05) is 18.4 Å². The number of nitrogens with two attached hydrogens (primary N) is 1. The van der Waals surface area contributed by atoms with E-state index in [1.54, 1.807) is 0 Å². The average molecular weight is 451 g/mol. The van der Waals surface area contributed by atoms with Crippen LogP contribution in [0.5, 0.6) is 0 Å². The minimum atomic E-state index is -4.45. The zero-order valence-corrected chi connectivity index (χ0v) is 14.9. The largest absolute Gasteiger partial charge is 0.419 e. The molecular weight excluding hydrogens is 434 g/mol. The van der Waals surface area contributed by atoms with E-state index in [2.05, 4.69) is 20.6 Å². The first-order valence-electron chi connectivity index (χ1n) is 6.85. The van der Waals surface area contributed by atoms with Gasteiger partial charge in [-0.1, -0.05) is 18.2 Å². The van der Waals surface area contributed by atoms with Crippen LogP contribution in [0.4, 0.5) is 24.7 Å². The molecule has 2 rings (SSSR count). The summed E-state index contributed by atoms with van der Waals surface area (Å²) in [6.07, 6.45) is -3.15. The van der Waals surface area contributed by atoms with Crippen molar-refractivity contribution in [3.05, 3.63) is 54.2 Å². The van der Waals surface area contributed by atoms with Gasteiger partial charge in [0.1, 0.15) is 5.82 Å². The van der Waals surface area contributed by atoms with Crippen molar-refractivity contribution in [1.82, 2.24) is 4.98 Å². The van der Waals surface area contributed by atoms with E-state index >= 15 is 0 Å². The highest BCUT2D eigenvalue weighted by Crippen LogP contribution is 2.33. The zero-order chi connectivity index (χ0) is 16.7. The Balaban J connectivity index is 0.00000288. The molecular formula is C15H17F3IN5. The molecule has 0 spiro atoms. The van der Waals surface area contributed by atoms with Gasteiger partial charge in [-0.25, -0.2) is 4.98 Å². The standard InChI is InChI=1S/C15H16F3N5.HI/c16-15(17,18)12-7-4-8-20-13(12)21-9-10-22-14(19)23-11-5-2-1-3-6-11;/h1-8H,9-10H2,(H,20,21)(H3,19,22,23);1H. The number of hydrogen-bond donors (Lipinski definition) is 3. The third-order valence-corrected chi connectivity index (χ3v) is 2.85. The molecule has 0 radical (unpaired) electrons. The number of pyridine rings is 1. The molecule has 0 saturated heterocycles. The van der Waals surface area contributed by atoms with E-state index in [-0.39, 0.29) is 48.8 Å². The maximum atomic E-state index is 12.8. The van der Waals surface area contributed by atoms with Crippen molar-refractivity contribution < 1.29 is 13.2 Å². The average Bonchev–Trinajstić information content (AvgIpc) is 2.52. The van der Waals surface area contributed by atoms with Gasteiger partial charge in [0.05, 0.1) is 12.1 Å². The topological polar surface area (TPSA) is 75.3 Å². The van der Waals surface area contributed by atoms with Crippen LogP contribution < -0.4 is 16.4 Å². The molecule has 5 nitrogen and oxygen atoms in total. The number of anilines is 2. The number of aromatic nitrogens is 1. The maximum absolute atomic E-state index is 12.8. The number of benzene rings is 1. The van der Waals surface area contributed by atoms with Gasteiger partial charge in [-0.05, 0) is 24.3 Å². The quantitative estimate of drug-likeness (QED) is 0.281. The highest BCUT2D eigenvalue weighted by Gasteiger charge is 2.33. The van der Waals surface area contributed by atoms with Crippen LogP contribution in [0.3, 0.4) is 0 Å². The van der Waals surface area contributed by atoms with Crippen LogP contribution >= 0.6 is 24.0 Å². The fourth-order valence-corrected chi connectivity index (χ4v) is 1.83. The van der Waals surface area contributed by atoms with Crippen molar-refractivity contribution in [2.75, 3.05) is 23.7 Å². The van der Waals surface area contributed by atoms with Gasteiger partial charge in [-0.15, -0.1) is 24.0 Å². The van der Waals surface area contributed by atoms with Crippen LogP contribution in [0.2, 0.25) is 0 Å². The third-order valence-electron chi connectivity index (χ3n) is 2.85. The number of halogens is 4. The first kappa shape index (κ1) is 20.0. The molecule has 0 bridgehead atoms. The van der Waals surface area contributed by atoms with Gasteiger partial charge in [0.2, 0.25) is 0 Å². The molecule has 4 N–H and O–H groups in total. The van der Waals surface area contributed by atoms with Crippen molar-refractivity contribution in [3.8, 4) is 0 Å². The van der Waals surface area contributed by atoms with Crippen molar-refractivity contribution in [2.24, 2.45) is 10.7 Å². The first-order valence-corrected chi connectivity index (χ1v) is 6.85. The molecule has 1 aromatic carbocycles. The molecule has 130 valence electrons. The molecule has 1 heterocycles. The molecule has 0 fully saturated rings. The van der Waals surface area contributed by atoms with Gasteiger partial charge >= 0.3 is 6.18 Å². The fourth-order valence-electron chi connectivity index (χ4n) is 1.83. The van der Waals surface area contributed by atoms with E-state index in [4.69, 9.17) is 5.73 Å². The Morgan fingerprint density at radius 1 is 1.12 bits per heavy atom. The monoisotopic (exact) mass is 451 g/mol. The minimum Gasteiger partial charge on any atom is -0.370 e. The number of guanidine groups is 1. The van der Waals surface area contributed by atoms with E-state index in [0.29, 0.717) is 0 Å². The summed E-state index contributed by atoms with van der Waals surface area (Å²) in [6.45, 7) is 0.386. The molecule has 24 heavy (non-hydrogen) atoms. The smallest absolute Gasteiger partial charge is 0.370 e. The predicted octanol–water partition coefficient (Wildman–Crippen LogP) is 3.56. The molecule has 0 atom stereocenters. The van der Waals surface area contributed by atoms with E-state index in [9.17, 15) is 13.2 Å². The van der Waals surface area contributed by atoms with Crippen LogP contribution in [-0.2, 0) is 6.18 Å². The number of hydrogen-bond acceptors (Lipinski definition) is 3. The van der Waals surface area contributed by atoms with Crippen molar-refractivity contribution in [3.63, 3.8) is 0 Å². The van der Waals surface area contributed by atoms with E-state index in [1.165, 1.54) is 12.3 Å². The molecule has 0 aliphatic carbocycles. The summed E-state index contributed by atoms with van der Waals surface area (Å²) < 4.78 is 38.4. The summed E-state index contributed by atoms with van der Waals surface area (Å²) in [7, 11) is 0. The number of para-hydroxylation sites is 1. The molecule has 9 heteroatoms. The Bertz CT molecular complexity index is 662. The third kappa shape index (κ3) is 6.22. The highest BCUT2D eigenvalue weighted by atomic mass is 127. The molecule has 0 saturated carbocycles. The molecule has 1 aromatic heterocycles. The number of nitrogens with one attached hydrogen (secondary N) is 2. The second kappa shape index (κ2) is 9.30. The summed E-state index contributed by atoms with van der Waals surface area (Å²) in [5.41, 5.74) is 5.68. The Morgan fingerprint density at radius 3 is 2.50 bits per heavy atom. The van der Waals surface area contributed by atoms with Crippen molar-refractivity contribution in [2.45, 2.75) is 6.18 Å². The molecule has 0 aliphatic rings. The van der Waals surface area contributed by atoms with Gasteiger partial charge in [0.25, 0.3) is 0 Å². The fraction of sp³-hybridized carbons (Fsp3) is 0.200. The van der Waals surface area contributed by atoms with E-state index in [0.717, 1.165) is 11.8 Å². The SMILES string of the molecule is I.NC(=NCCNc1ncccc1C(F)(F)F)Nc1ccccc1. The highest BCUT2D eigenvalue weighted by molar-refractivity contribution is 14.0. The summed E-state index contributed by atoms with van der Waals surface area (Å²) >= 11 is 0. The number of nitrogens with zero attached hydrogens (tertiary/aromatic N) is 2. The predicted molar refractivity (Wildman–Crippen MR) is 99.7 cm³/mol. The minimum absolute atomic E-state index is 0.